The molecule has 1 aromatic carbocycles. The van der Waals surface area contributed by atoms with Gasteiger partial charge in [0.2, 0.25) is 0 Å². The predicted octanol–water partition coefficient (Wildman–Crippen LogP) is 2.35. The Morgan fingerprint density at radius 1 is 1.56 bits per heavy atom. The Morgan fingerprint density at radius 3 is 2.89 bits per heavy atom. The van der Waals surface area contributed by atoms with Crippen LogP contribution in [0.25, 0.3) is 0 Å². The lowest BCUT2D eigenvalue weighted by atomic mass is 10.1. The molecule has 0 spiro atoms. The van der Waals surface area contributed by atoms with Crippen LogP contribution in [0.2, 0.25) is 0 Å². The first-order valence-electron chi connectivity index (χ1n) is 5.56. The SMILES string of the molecule is C=C(C)COCCNC(=O)c1ccc(Br)cc1N. The normalized spacial score (nSPS) is 10.1. The van der Waals surface area contributed by atoms with Gasteiger partial charge in [-0.05, 0) is 25.1 Å². The lowest BCUT2D eigenvalue weighted by molar-refractivity contribution is 0.0927. The summed E-state index contributed by atoms with van der Waals surface area (Å²) in [4.78, 5) is 11.8. The zero-order valence-corrected chi connectivity index (χ0v) is 11.9. The Morgan fingerprint density at radius 2 is 2.28 bits per heavy atom. The first kappa shape index (κ1) is 14.7. The van der Waals surface area contributed by atoms with Crippen molar-refractivity contribution in [3.8, 4) is 0 Å². The summed E-state index contributed by atoms with van der Waals surface area (Å²) in [6, 6.07) is 5.17. The molecular weight excluding hydrogens is 296 g/mol. The largest absolute Gasteiger partial charge is 0.398 e. The van der Waals surface area contributed by atoms with Gasteiger partial charge in [0.25, 0.3) is 5.91 Å². The predicted molar refractivity (Wildman–Crippen MR) is 76.5 cm³/mol. The number of carbonyl (C=O) groups is 1. The summed E-state index contributed by atoms with van der Waals surface area (Å²) in [5, 5.41) is 2.74. The Kier molecular flexibility index (Phi) is 5.88. The van der Waals surface area contributed by atoms with Gasteiger partial charge in [-0.2, -0.15) is 0 Å². The van der Waals surface area contributed by atoms with Gasteiger partial charge < -0.3 is 15.8 Å². The van der Waals surface area contributed by atoms with E-state index >= 15 is 0 Å². The standard InChI is InChI=1S/C13H17BrN2O2/c1-9(2)8-18-6-5-16-13(17)11-4-3-10(14)7-12(11)15/h3-4,7H,1,5-6,8,15H2,2H3,(H,16,17). The number of anilines is 1. The van der Waals surface area contributed by atoms with Crippen molar-refractivity contribution in [1.29, 1.82) is 0 Å². The highest BCUT2D eigenvalue weighted by Gasteiger charge is 2.08. The van der Waals surface area contributed by atoms with E-state index in [1.165, 1.54) is 0 Å². The average Bonchev–Trinajstić information content (AvgIpc) is 2.27. The average molecular weight is 313 g/mol. The summed E-state index contributed by atoms with van der Waals surface area (Å²) in [5.41, 5.74) is 7.63. The molecule has 0 bridgehead atoms. The topological polar surface area (TPSA) is 64.3 Å². The summed E-state index contributed by atoms with van der Waals surface area (Å²) in [6.07, 6.45) is 0. The van der Waals surface area contributed by atoms with Crippen molar-refractivity contribution < 1.29 is 9.53 Å². The van der Waals surface area contributed by atoms with Crippen molar-refractivity contribution in [2.75, 3.05) is 25.5 Å². The number of ether oxygens (including phenoxy) is 1. The lowest BCUT2D eigenvalue weighted by Gasteiger charge is -2.08. The zero-order chi connectivity index (χ0) is 13.5. The monoisotopic (exact) mass is 312 g/mol. The van der Waals surface area contributed by atoms with E-state index in [9.17, 15) is 4.79 Å². The third-order valence-corrected chi connectivity index (χ3v) is 2.63. The van der Waals surface area contributed by atoms with Crippen LogP contribution in [0.1, 0.15) is 17.3 Å². The minimum absolute atomic E-state index is 0.195. The molecule has 0 aromatic heterocycles. The van der Waals surface area contributed by atoms with Gasteiger partial charge >= 0.3 is 0 Å². The first-order valence-corrected chi connectivity index (χ1v) is 6.35. The van der Waals surface area contributed by atoms with E-state index in [-0.39, 0.29) is 5.91 Å². The van der Waals surface area contributed by atoms with Crippen molar-refractivity contribution in [2.24, 2.45) is 0 Å². The highest BCUT2D eigenvalue weighted by molar-refractivity contribution is 9.10. The Labute approximate surface area is 115 Å². The summed E-state index contributed by atoms with van der Waals surface area (Å²) in [7, 11) is 0. The zero-order valence-electron chi connectivity index (χ0n) is 10.3. The molecule has 0 aliphatic carbocycles. The van der Waals surface area contributed by atoms with Crippen molar-refractivity contribution in [2.45, 2.75) is 6.92 Å². The van der Waals surface area contributed by atoms with E-state index in [0.717, 1.165) is 10.0 Å². The van der Waals surface area contributed by atoms with Crippen LogP contribution < -0.4 is 11.1 Å². The molecule has 18 heavy (non-hydrogen) atoms. The second kappa shape index (κ2) is 7.18. The van der Waals surface area contributed by atoms with Crippen LogP contribution in [-0.4, -0.2) is 25.7 Å². The van der Waals surface area contributed by atoms with Gasteiger partial charge in [0.15, 0.2) is 0 Å². The lowest BCUT2D eigenvalue weighted by Crippen LogP contribution is -2.28. The van der Waals surface area contributed by atoms with E-state index in [1.807, 2.05) is 6.92 Å². The van der Waals surface area contributed by atoms with E-state index < -0.39 is 0 Å². The molecule has 0 saturated heterocycles. The third-order valence-electron chi connectivity index (χ3n) is 2.14. The number of nitrogen functional groups attached to an aromatic ring is 1. The number of amides is 1. The van der Waals surface area contributed by atoms with Gasteiger partial charge in [-0.15, -0.1) is 0 Å². The number of halogens is 1. The van der Waals surface area contributed by atoms with Crippen LogP contribution in [0, 0.1) is 0 Å². The van der Waals surface area contributed by atoms with Crippen LogP contribution in [0.15, 0.2) is 34.8 Å². The third kappa shape index (κ3) is 4.89. The van der Waals surface area contributed by atoms with E-state index in [4.69, 9.17) is 10.5 Å². The molecule has 5 heteroatoms. The molecule has 0 aliphatic rings. The summed E-state index contributed by atoms with van der Waals surface area (Å²) in [6.45, 7) is 7.02. The maximum Gasteiger partial charge on any atom is 0.253 e. The van der Waals surface area contributed by atoms with Crippen LogP contribution >= 0.6 is 15.9 Å². The number of hydrogen-bond donors (Lipinski definition) is 2. The molecular formula is C13H17BrN2O2. The second-order valence-electron chi connectivity index (χ2n) is 4.00. The maximum atomic E-state index is 11.8. The quantitative estimate of drug-likeness (QED) is 0.481. The van der Waals surface area contributed by atoms with Crippen LogP contribution in [0.5, 0.6) is 0 Å². The fourth-order valence-electron chi connectivity index (χ4n) is 1.32. The Hall–Kier alpha value is -1.33. The minimum Gasteiger partial charge on any atom is -0.398 e. The van der Waals surface area contributed by atoms with Crippen molar-refractivity contribution in [1.82, 2.24) is 5.32 Å². The molecule has 0 atom stereocenters. The Bertz CT molecular complexity index is 447. The molecule has 0 saturated carbocycles. The van der Waals surface area contributed by atoms with Gasteiger partial charge in [0.05, 0.1) is 18.8 Å². The van der Waals surface area contributed by atoms with E-state index in [1.54, 1.807) is 18.2 Å². The summed E-state index contributed by atoms with van der Waals surface area (Å²) < 4.78 is 6.13. The fraction of sp³-hybridized carbons (Fsp3) is 0.308. The number of nitrogens with one attached hydrogen (secondary N) is 1. The number of nitrogens with two attached hydrogens (primary N) is 1. The van der Waals surface area contributed by atoms with Crippen molar-refractivity contribution in [3.05, 3.63) is 40.4 Å². The van der Waals surface area contributed by atoms with Crippen LogP contribution in [0.3, 0.4) is 0 Å². The van der Waals surface area contributed by atoms with Crippen molar-refractivity contribution >= 4 is 27.5 Å². The molecule has 4 nitrogen and oxygen atoms in total. The molecule has 0 fully saturated rings. The van der Waals surface area contributed by atoms with Gasteiger partial charge in [-0.25, -0.2) is 0 Å². The Balaban J connectivity index is 2.39. The number of carbonyl (C=O) groups excluding carboxylic acids is 1. The van der Waals surface area contributed by atoms with Crippen LogP contribution in [-0.2, 0) is 4.74 Å². The number of rotatable bonds is 6. The molecule has 1 aromatic rings. The molecule has 1 amide bonds. The molecule has 0 radical (unpaired) electrons. The number of hydrogen-bond acceptors (Lipinski definition) is 3. The van der Waals surface area contributed by atoms with Gasteiger partial charge in [-0.1, -0.05) is 28.1 Å². The molecule has 3 N–H and O–H groups in total. The molecule has 0 unspecified atom stereocenters. The molecule has 1 rings (SSSR count). The van der Waals surface area contributed by atoms with Crippen molar-refractivity contribution in [3.63, 3.8) is 0 Å². The van der Waals surface area contributed by atoms with Gasteiger partial charge in [0, 0.05) is 16.7 Å². The van der Waals surface area contributed by atoms with Crippen LogP contribution in [0.4, 0.5) is 5.69 Å². The smallest absolute Gasteiger partial charge is 0.253 e. The number of benzene rings is 1. The summed E-state index contributed by atoms with van der Waals surface area (Å²) in [5.74, 6) is -0.195. The molecule has 98 valence electrons. The highest BCUT2D eigenvalue weighted by atomic mass is 79.9. The molecule has 0 heterocycles. The molecule has 0 aliphatic heterocycles. The first-order chi connectivity index (χ1) is 8.50. The minimum atomic E-state index is -0.195. The summed E-state index contributed by atoms with van der Waals surface area (Å²) >= 11 is 3.29. The highest BCUT2D eigenvalue weighted by Crippen LogP contribution is 2.18. The fourth-order valence-corrected chi connectivity index (χ4v) is 1.70. The van der Waals surface area contributed by atoms with Gasteiger partial charge in [0.1, 0.15) is 0 Å². The maximum absolute atomic E-state index is 11.8. The van der Waals surface area contributed by atoms with Gasteiger partial charge in [-0.3, -0.25) is 4.79 Å². The van der Waals surface area contributed by atoms with E-state index in [2.05, 4.69) is 27.8 Å². The van der Waals surface area contributed by atoms with E-state index in [0.29, 0.717) is 31.0 Å². The second-order valence-corrected chi connectivity index (χ2v) is 4.91.